The summed E-state index contributed by atoms with van der Waals surface area (Å²) >= 11 is 0. The monoisotopic (exact) mass is 336 g/mol. The van der Waals surface area contributed by atoms with Crippen molar-refractivity contribution in [3.8, 4) is 0 Å². The van der Waals surface area contributed by atoms with Gasteiger partial charge in [0.15, 0.2) is 0 Å². The predicted octanol–water partition coefficient (Wildman–Crippen LogP) is 3.88. The van der Waals surface area contributed by atoms with Crippen LogP contribution >= 0.6 is 12.4 Å². The molecule has 0 radical (unpaired) electrons. The molecule has 0 bridgehead atoms. The summed E-state index contributed by atoms with van der Waals surface area (Å²) in [6.45, 7) is 7.82. The average molecular weight is 337 g/mol. The maximum absolute atomic E-state index is 10.4. The molecule has 1 heterocycles. The van der Waals surface area contributed by atoms with Gasteiger partial charge in [-0.25, -0.2) is 0 Å². The van der Waals surface area contributed by atoms with E-state index in [1.54, 1.807) is 0 Å². The molecule has 2 aromatic rings. The van der Waals surface area contributed by atoms with Gasteiger partial charge in [0.25, 0.3) is 0 Å². The first-order valence-electron chi connectivity index (χ1n) is 8.53. The van der Waals surface area contributed by atoms with E-state index >= 15 is 0 Å². The van der Waals surface area contributed by atoms with Crippen LogP contribution in [0.5, 0.6) is 0 Å². The normalized spacial score (nSPS) is 16.7. The molecule has 1 aromatic carbocycles. The lowest BCUT2D eigenvalue weighted by Crippen LogP contribution is -2.36. The number of fused-ring (bicyclic) bond motifs is 1. The van der Waals surface area contributed by atoms with Crippen LogP contribution in [0.2, 0.25) is 0 Å². The van der Waals surface area contributed by atoms with E-state index in [2.05, 4.69) is 48.9 Å². The first kappa shape index (κ1) is 18.3. The number of hydrogen-bond donors (Lipinski definition) is 2. The fourth-order valence-electron chi connectivity index (χ4n) is 3.71. The molecule has 0 amide bonds. The Hall–Kier alpha value is -1.03. The number of nitrogens with zero attached hydrogens (tertiary/aromatic N) is 1. The molecule has 2 N–H and O–H groups in total. The average Bonchev–Trinajstić information content (AvgIpc) is 3.09. The van der Waals surface area contributed by atoms with Gasteiger partial charge in [-0.1, -0.05) is 24.5 Å². The van der Waals surface area contributed by atoms with Crippen LogP contribution in [0.4, 0.5) is 0 Å². The summed E-state index contributed by atoms with van der Waals surface area (Å²) < 4.78 is 2.27. The molecule has 0 aliphatic heterocycles. The Morgan fingerprint density at radius 3 is 2.61 bits per heavy atom. The number of aliphatic hydroxyl groups is 1. The van der Waals surface area contributed by atoms with Crippen molar-refractivity contribution in [1.82, 2.24) is 9.88 Å². The quantitative estimate of drug-likeness (QED) is 0.869. The molecule has 1 atom stereocenters. The van der Waals surface area contributed by atoms with E-state index in [1.807, 2.05) is 0 Å². The lowest BCUT2D eigenvalue weighted by molar-refractivity contribution is 0.148. The molecule has 1 saturated carbocycles. The topological polar surface area (TPSA) is 37.2 Å². The smallest absolute Gasteiger partial charge is 0.0843 e. The fraction of sp³-hybridized carbons (Fsp3) is 0.579. The molecular formula is C19H29ClN2O. The first-order valence-corrected chi connectivity index (χ1v) is 8.53. The molecule has 0 saturated heterocycles. The molecule has 3 rings (SSSR count). The number of benzene rings is 1. The Morgan fingerprint density at radius 1 is 1.22 bits per heavy atom. The van der Waals surface area contributed by atoms with Gasteiger partial charge in [0.2, 0.25) is 0 Å². The van der Waals surface area contributed by atoms with Crippen LogP contribution in [0.1, 0.15) is 42.5 Å². The molecule has 4 heteroatoms. The minimum Gasteiger partial charge on any atom is -0.390 e. The fourth-order valence-corrected chi connectivity index (χ4v) is 3.71. The minimum absolute atomic E-state index is 0. The van der Waals surface area contributed by atoms with Crippen molar-refractivity contribution in [2.45, 2.75) is 65.1 Å². The van der Waals surface area contributed by atoms with E-state index in [0.717, 1.165) is 0 Å². The summed E-state index contributed by atoms with van der Waals surface area (Å²) in [5.41, 5.74) is 5.12. The third-order valence-corrected chi connectivity index (χ3v) is 5.19. The van der Waals surface area contributed by atoms with E-state index in [9.17, 15) is 5.11 Å². The minimum atomic E-state index is -0.337. The van der Waals surface area contributed by atoms with Gasteiger partial charge in [-0.15, -0.1) is 12.4 Å². The van der Waals surface area contributed by atoms with Gasteiger partial charge in [0, 0.05) is 29.2 Å². The zero-order valence-corrected chi connectivity index (χ0v) is 15.2. The van der Waals surface area contributed by atoms with Crippen molar-refractivity contribution in [2.24, 2.45) is 0 Å². The highest BCUT2D eigenvalue weighted by molar-refractivity contribution is 5.86. The highest BCUT2D eigenvalue weighted by Crippen LogP contribution is 2.26. The summed E-state index contributed by atoms with van der Waals surface area (Å²) in [6, 6.07) is 7.20. The van der Waals surface area contributed by atoms with Crippen LogP contribution in [0.25, 0.3) is 10.9 Å². The molecule has 0 spiro atoms. The summed E-state index contributed by atoms with van der Waals surface area (Å²) in [6.07, 6.45) is 4.84. The van der Waals surface area contributed by atoms with Crippen LogP contribution in [-0.4, -0.2) is 28.4 Å². The number of aromatic nitrogens is 1. The second-order valence-electron chi connectivity index (χ2n) is 6.89. The molecule has 23 heavy (non-hydrogen) atoms. The van der Waals surface area contributed by atoms with Gasteiger partial charge < -0.3 is 15.0 Å². The highest BCUT2D eigenvalue weighted by Gasteiger charge is 2.17. The van der Waals surface area contributed by atoms with E-state index in [-0.39, 0.29) is 18.5 Å². The molecular weight excluding hydrogens is 308 g/mol. The van der Waals surface area contributed by atoms with Gasteiger partial charge >= 0.3 is 0 Å². The Kier molecular flexibility index (Phi) is 6.12. The number of nitrogens with one attached hydrogen (secondary N) is 1. The number of aryl methyl sites for hydroxylation is 2. The molecule has 1 fully saturated rings. The summed E-state index contributed by atoms with van der Waals surface area (Å²) in [4.78, 5) is 0. The van der Waals surface area contributed by atoms with Gasteiger partial charge in [0.05, 0.1) is 12.6 Å². The maximum atomic E-state index is 10.4. The Bertz CT molecular complexity index is 659. The molecule has 1 unspecified atom stereocenters. The highest BCUT2D eigenvalue weighted by atomic mass is 35.5. The lowest BCUT2D eigenvalue weighted by atomic mass is 10.1. The van der Waals surface area contributed by atoms with Gasteiger partial charge in [0.1, 0.15) is 0 Å². The third kappa shape index (κ3) is 3.90. The van der Waals surface area contributed by atoms with Gasteiger partial charge in [-0.2, -0.15) is 0 Å². The Balaban J connectivity index is 0.00000192. The molecule has 1 aliphatic carbocycles. The van der Waals surface area contributed by atoms with Crippen molar-refractivity contribution >= 4 is 23.3 Å². The van der Waals surface area contributed by atoms with Crippen molar-refractivity contribution in [3.05, 3.63) is 35.0 Å². The van der Waals surface area contributed by atoms with Crippen LogP contribution < -0.4 is 5.32 Å². The zero-order chi connectivity index (χ0) is 15.7. The largest absolute Gasteiger partial charge is 0.390 e. The van der Waals surface area contributed by atoms with Crippen LogP contribution in [0.15, 0.2) is 18.2 Å². The van der Waals surface area contributed by atoms with Crippen molar-refractivity contribution in [3.63, 3.8) is 0 Å². The van der Waals surface area contributed by atoms with Gasteiger partial charge in [-0.3, -0.25) is 0 Å². The van der Waals surface area contributed by atoms with E-state index < -0.39 is 0 Å². The van der Waals surface area contributed by atoms with Crippen molar-refractivity contribution in [1.29, 1.82) is 0 Å². The first-order chi connectivity index (χ1) is 10.6. The van der Waals surface area contributed by atoms with Crippen molar-refractivity contribution < 1.29 is 5.11 Å². The van der Waals surface area contributed by atoms with Crippen molar-refractivity contribution in [2.75, 3.05) is 6.54 Å². The number of halogens is 1. The zero-order valence-electron chi connectivity index (χ0n) is 14.4. The van der Waals surface area contributed by atoms with Crippen LogP contribution in [0, 0.1) is 20.8 Å². The summed E-state index contributed by atoms with van der Waals surface area (Å²) in [5.74, 6) is 0. The molecule has 3 nitrogen and oxygen atoms in total. The lowest BCUT2D eigenvalue weighted by Gasteiger charge is -2.18. The standard InChI is InChI=1S/C19H28N2O.ClH/c1-13-8-9-19-18(10-13)14(2)15(3)21(19)12-17(22)11-20-16-6-4-5-7-16;/h8-10,16-17,20,22H,4-7,11-12H2,1-3H3;1H. The second kappa shape index (κ2) is 7.69. The Labute approximate surface area is 145 Å². The second-order valence-corrected chi connectivity index (χ2v) is 6.89. The van der Waals surface area contributed by atoms with E-state index in [1.165, 1.54) is 53.4 Å². The van der Waals surface area contributed by atoms with E-state index in [0.29, 0.717) is 19.1 Å². The van der Waals surface area contributed by atoms with Crippen LogP contribution in [-0.2, 0) is 6.54 Å². The molecule has 1 aliphatic rings. The van der Waals surface area contributed by atoms with E-state index in [4.69, 9.17) is 0 Å². The Morgan fingerprint density at radius 2 is 1.91 bits per heavy atom. The number of aliphatic hydroxyl groups excluding tert-OH is 1. The maximum Gasteiger partial charge on any atom is 0.0843 e. The summed E-state index contributed by atoms with van der Waals surface area (Å²) in [5, 5.41) is 15.3. The van der Waals surface area contributed by atoms with Crippen LogP contribution in [0.3, 0.4) is 0 Å². The summed E-state index contributed by atoms with van der Waals surface area (Å²) in [7, 11) is 0. The molecule has 1 aromatic heterocycles. The third-order valence-electron chi connectivity index (χ3n) is 5.19. The van der Waals surface area contributed by atoms with Gasteiger partial charge in [-0.05, 0) is 51.3 Å². The number of hydrogen-bond acceptors (Lipinski definition) is 2. The molecule has 128 valence electrons. The SMILES string of the molecule is Cc1ccc2c(c1)c(C)c(C)n2CC(O)CNC1CCCC1.Cl. The number of rotatable bonds is 5. The predicted molar refractivity (Wildman–Crippen MR) is 99.7 cm³/mol.